The number of hydrogen-bond acceptors (Lipinski definition) is 2. The molecule has 1 aromatic carbocycles. The number of carbonyl (C=O) groups is 1. The van der Waals surface area contributed by atoms with Crippen LogP contribution in [0.1, 0.15) is 17.3 Å². The molecule has 1 fully saturated rings. The highest BCUT2D eigenvalue weighted by Crippen LogP contribution is 2.09. The molecular weight excluding hydrogens is 207 g/mol. The molecule has 2 rings (SSSR count). The molecule has 0 aromatic heterocycles. The van der Waals surface area contributed by atoms with Gasteiger partial charge in [-0.15, -0.1) is 0 Å². The third kappa shape index (κ3) is 2.39. The summed E-state index contributed by atoms with van der Waals surface area (Å²) in [7, 11) is 0. The first-order chi connectivity index (χ1) is 7.66. The van der Waals surface area contributed by atoms with Gasteiger partial charge in [0, 0.05) is 31.2 Å². The van der Waals surface area contributed by atoms with Gasteiger partial charge in [-0.3, -0.25) is 4.79 Å². The zero-order valence-corrected chi connectivity index (χ0v) is 9.24. The molecule has 3 nitrogen and oxygen atoms in total. The van der Waals surface area contributed by atoms with Crippen molar-refractivity contribution in [3.63, 3.8) is 0 Å². The Morgan fingerprint density at radius 1 is 1.56 bits per heavy atom. The van der Waals surface area contributed by atoms with Gasteiger partial charge in [0.25, 0.3) is 5.91 Å². The molecule has 0 saturated carbocycles. The van der Waals surface area contributed by atoms with Crippen molar-refractivity contribution in [2.24, 2.45) is 0 Å². The highest BCUT2D eigenvalue weighted by molar-refractivity contribution is 5.94. The van der Waals surface area contributed by atoms with E-state index in [0.29, 0.717) is 24.7 Å². The van der Waals surface area contributed by atoms with Crippen molar-refractivity contribution in [2.75, 3.05) is 19.6 Å². The molecule has 86 valence electrons. The summed E-state index contributed by atoms with van der Waals surface area (Å²) in [6.07, 6.45) is 0. The Morgan fingerprint density at radius 3 is 3.06 bits per heavy atom. The van der Waals surface area contributed by atoms with Crippen molar-refractivity contribution in [3.8, 4) is 0 Å². The first-order valence-corrected chi connectivity index (χ1v) is 5.45. The van der Waals surface area contributed by atoms with Crippen molar-refractivity contribution in [1.29, 1.82) is 0 Å². The van der Waals surface area contributed by atoms with Crippen LogP contribution in [0, 0.1) is 5.82 Å². The van der Waals surface area contributed by atoms with E-state index in [0.717, 1.165) is 6.54 Å². The maximum Gasteiger partial charge on any atom is 0.254 e. The third-order valence-corrected chi connectivity index (χ3v) is 2.73. The molecule has 0 aliphatic carbocycles. The molecule has 4 heteroatoms. The molecule has 1 unspecified atom stereocenters. The van der Waals surface area contributed by atoms with Crippen LogP contribution in [0.5, 0.6) is 0 Å². The lowest BCUT2D eigenvalue weighted by Crippen LogP contribution is -2.51. The van der Waals surface area contributed by atoms with E-state index in [2.05, 4.69) is 5.32 Å². The molecule has 16 heavy (non-hydrogen) atoms. The maximum absolute atomic E-state index is 13.0. The van der Waals surface area contributed by atoms with Crippen molar-refractivity contribution >= 4 is 5.91 Å². The summed E-state index contributed by atoms with van der Waals surface area (Å²) in [5.74, 6) is -0.457. The zero-order valence-electron chi connectivity index (χ0n) is 9.24. The van der Waals surface area contributed by atoms with E-state index in [1.165, 1.54) is 12.1 Å². The number of rotatable bonds is 1. The summed E-state index contributed by atoms with van der Waals surface area (Å²) in [4.78, 5) is 13.8. The first-order valence-electron chi connectivity index (χ1n) is 5.45. The average molecular weight is 222 g/mol. The first kappa shape index (κ1) is 11.1. The summed E-state index contributed by atoms with van der Waals surface area (Å²) in [6.45, 7) is 4.18. The fourth-order valence-electron chi connectivity index (χ4n) is 1.92. The van der Waals surface area contributed by atoms with Gasteiger partial charge in [0.1, 0.15) is 5.82 Å². The average Bonchev–Trinajstić information content (AvgIpc) is 2.28. The number of halogens is 1. The lowest BCUT2D eigenvalue weighted by Gasteiger charge is -2.31. The summed E-state index contributed by atoms with van der Waals surface area (Å²) in [6, 6.07) is 6.14. The Balaban J connectivity index is 2.12. The van der Waals surface area contributed by atoms with Gasteiger partial charge in [-0.05, 0) is 25.1 Å². The zero-order chi connectivity index (χ0) is 11.5. The third-order valence-electron chi connectivity index (χ3n) is 2.73. The van der Waals surface area contributed by atoms with Crippen LogP contribution < -0.4 is 5.32 Å². The Bertz CT molecular complexity index is 394. The number of piperazine rings is 1. The number of nitrogens with zero attached hydrogens (tertiary/aromatic N) is 1. The van der Waals surface area contributed by atoms with Gasteiger partial charge in [-0.1, -0.05) is 6.07 Å². The minimum Gasteiger partial charge on any atom is -0.336 e. The number of benzene rings is 1. The van der Waals surface area contributed by atoms with Crippen LogP contribution in [0.4, 0.5) is 4.39 Å². The normalized spacial score (nSPS) is 20.9. The van der Waals surface area contributed by atoms with Crippen molar-refractivity contribution in [3.05, 3.63) is 35.6 Å². The molecule has 1 aliphatic rings. The molecule has 0 spiro atoms. The standard InChI is InChI=1S/C12H15FN2O/c1-9-8-15(6-5-14-9)12(16)10-3-2-4-11(13)7-10/h2-4,7,9,14H,5-6,8H2,1H3. The number of hydrogen-bond donors (Lipinski definition) is 1. The van der Waals surface area contributed by atoms with Crippen molar-refractivity contribution < 1.29 is 9.18 Å². The monoisotopic (exact) mass is 222 g/mol. The second-order valence-corrected chi connectivity index (χ2v) is 4.12. The molecule has 1 saturated heterocycles. The quantitative estimate of drug-likeness (QED) is 0.776. The van der Waals surface area contributed by atoms with Crippen LogP contribution in [0.15, 0.2) is 24.3 Å². The fourth-order valence-corrected chi connectivity index (χ4v) is 1.92. The summed E-state index contributed by atoms with van der Waals surface area (Å²) in [5.41, 5.74) is 0.425. The molecule has 0 bridgehead atoms. The summed E-state index contributed by atoms with van der Waals surface area (Å²) >= 11 is 0. The summed E-state index contributed by atoms with van der Waals surface area (Å²) < 4.78 is 13.0. The second-order valence-electron chi connectivity index (χ2n) is 4.12. The SMILES string of the molecule is CC1CN(C(=O)c2cccc(F)c2)CCN1. The largest absolute Gasteiger partial charge is 0.336 e. The minimum atomic E-state index is -0.367. The van der Waals surface area contributed by atoms with E-state index in [1.54, 1.807) is 17.0 Å². The van der Waals surface area contributed by atoms with Gasteiger partial charge in [0.15, 0.2) is 0 Å². The van der Waals surface area contributed by atoms with Crippen LogP contribution in [0.2, 0.25) is 0 Å². The second kappa shape index (κ2) is 4.61. The number of carbonyl (C=O) groups excluding carboxylic acids is 1. The molecular formula is C12H15FN2O. The number of nitrogens with one attached hydrogen (secondary N) is 1. The Morgan fingerprint density at radius 2 is 2.38 bits per heavy atom. The van der Waals surface area contributed by atoms with E-state index in [4.69, 9.17) is 0 Å². The van der Waals surface area contributed by atoms with Crippen molar-refractivity contribution in [2.45, 2.75) is 13.0 Å². The van der Waals surface area contributed by atoms with Crippen LogP contribution >= 0.6 is 0 Å². The highest BCUT2D eigenvalue weighted by Gasteiger charge is 2.21. The Kier molecular flexibility index (Phi) is 3.19. The molecule has 1 heterocycles. The van der Waals surface area contributed by atoms with Gasteiger partial charge in [-0.2, -0.15) is 0 Å². The predicted molar refractivity (Wildman–Crippen MR) is 59.8 cm³/mol. The van der Waals surface area contributed by atoms with Crippen LogP contribution in [0.25, 0.3) is 0 Å². The topological polar surface area (TPSA) is 32.3 Å². The Hall–Kier alpha value is -1.42. The minimum absolute atomic E-state index is 0.0900. The number of amides is 1. The fraction of sp³-hybridized carbons (Fsp3) is 0.417. The van der Waals surface area contributed by atoms with Gasteiger partial charge in [-0.25, -0.2) is 4.39 Å². The van der Waals surface area contributed by atoms with Gasteiger partial charge >= 0.3 is 0 Å². The van der Waals surface area contributed by atoms with Gasteiger partial charge in [0.2, 0.25) is 0 Å². The molecule has 0 radical (unpaired) electrons. The van der Waals surface area contributed by atoms with E-state index in [1.807, 2.05) is 6.92 Å². The van der Waals surface area contributed by atoms with Gasteiger partial charge < -0.3 is 10.2 Å². The van der Waals surface area contributed by atoms with E-state index in [9.17, 15) is 9.18 Å². The predicted octanol–water partition coefficient (Wildman–Crippen LogP) is 1.26. The molecule has 1 aliphatic heterocycles. The van der Waals surface area contributed by atoms with Crippen LogP contribution in [-0.2, 0) is 0 Å². The van der Waals surface area contributed by atoms with Gasteiger partial charge in [0.05, 0.1) is 0 Å². The van der Waals surface area contributed by atoms with E-state index in [-0.39, 0.29) is 11.7 Å². The van der Waals surface area contributed by atoms with Crippen molar-refractivity contribution in [1.82, 2.24) is 10.2 Å². The van der Waals surface area contributed by atoms with Crippen LogP contribution in [0.3, 0.4) is 0 Å². The molecule has 1 aromatic rings. The highest BCUT2D eigenvalue weighted by atomic mass is 19.1. The molecule has 1 amide bonds. The molecule has 1 atom stereocenters. The molecule has 1 N–H and O–H groups in total. The lowest BCUT2D eigenvalue weighted by molar-refractivity contribution is 0.0708. The summed E-state index contributed by atoms with van der Waals surface area (Å²) in [5, 5.41) is 3.26. The van der Waals surface area contributed by atoms with E-state index >= 15 is 0 Å². The smallest absolute Gasteiger partial charge is 0.254 e. The van der Waals surface area contributed by atoms with E-state index < -0.39 is 0 Å². The Labute approximate surface area is 94.3 Å². The van der Waals surface area contributed by atoms with Crippen LogP contribution in [-0.4, -0.2) is 36.5 Å². The maximum atomic E-state index is 13.0. The lowest BCUT2D eigenvalue weighted by atomic mass is 10.1.